The van der Waals surface area contributed by atoms with Crippen LogP contribution in [0.4, 0.5) is 5.69 Å². The van der Waals surface area contributed by atoms with Crippen LogP contribution >= 0.6 is 11.6 Å². The second kappa shape index (κ2) is 9.35. The van der Waals surface area contributed by atoms with E-state index in [1.807, 2.05) is 54.6 Å². The molecule has 3 aromatic carbocycles. The Bertz CT molecular complexity index is 1190. The average molecular weight is 444 g/mol. The lowest BCUT2D eigenvalue weighted by molar-refractivity contribution is -0.140. The topological polar surface area (TPSA) is 57.6 Å². The summed E-state index contributed by atoms with van der Waals surface area (Å²) in [6.45, 7) is 0.277. The van der Waals surface area contributed by atoms with Crippen molar-refractivity contribution in [2.24, 2.45) is 0 Å². The number of amides is 1. The number of fused-ring (bicyclic) bond motifs is 1. The Morgan fingerprint density at radius 2 is 1.62 bits per heavy atom. The highest BCUT2D eigenvalue weighted by atomic mass is 35.5. The Balaban J connectivity index is 1.52. The van der Waals surface area contributed by atoms with E-state index in [1.54, 1.807) is 42.5 Å². The number of nitrogens with zero attached hydrogens (tertiary/aromatic N) is 1. The molecule has 5 heteroatoms. The van der Waals surface area contributed by atoms with Gasteiger partial charge in [0.1, 0.15) is 0 Å². The molecule has 0 fully saturated rings. The highest BCUT2D eigenvalue weighted by molar-refractivity contribution is 6.30. The summed E-state index contributed by atoms with van der Waals surface area (Å²) < 4.78 is 0. The molecule has 1 N–H and O–H groups in total. The first-order valence-corrected chi connectivity index (χ1v) is 10.7. The zero-order chi connectivity index (χ0) is 22.6. The number of benzene rings is 3. The van der Waals surface area contributed by atoms with Crippen LogP contribution < -0.4 is 4.90 Å². The third kappa shape index (κ3) is 4.57. The molecule has 4 nitrogen and oxygen atoms in total. The van der Waals surface area contributed by atoms with Gasteiger partial charge < -0.3 is 10.0 Å². The Morgan fingerprint density at radius 1 is 0.938 bits per heavy atom. The number of carbonyl (C=O) groups is 2. The van der Waals surface area contributed by atoms with Crippen molar-refractivity contribution in [2.45, 2.75) is 18.6 Å². The predicted octanol–water partition coefficient (Wildman–Crippen LogP) is 5.30. The monoisotopic (exact) mass is 443 g/mol. The Kier molecular flexibility index (Phi) is 6.35. The van der Waals surface area contributed by atoms with Crippen LogP contribution in [0.25, 0.3) is 6.08 Å². The fourth-order valence-corrected chi connectivity index (χ4v) is 3.94. The van der Waals surface area contributed by atoms with E-state index in [0.717, 1.165) is 11.1 Å². The van der Waals surface area contributed by atoms with Gasteiger partial charge in [-0.1, -0.05) is 90.5 Å². The summed E-state index contributed by atoms with van der Waals surface area (Å²) in [6, 6.07) is 23.9. The highest BCUT2D eigenvalue weighted by Crippen LogP contribution is 2.43. The van der Waals surface area contributed by atoms with Crippen LogP contribution in [-0.2, 0) is 21.7 Å². The number of ketones is 1. The molecule has 32 heavy (non-hydrogen) atoms. The maximum Gasteiger partial charge on any atom is 0.264 e. The molecule has 0 saturated carbocycles. The largest absolute Gasteiger partial charge is 0.375 e. The van der Waals surface area contributed by atoms with Gasteiger partial charge in [0.25, 0.3) is 5.91 Å². The summed E-state index contributed by atoms with van der Waals surface area (Å²) in [5.74, 6) is -0.836. The molecule has 0 aliphatic carbocycles. The van der Waals surface area contributed by atoms with E-state index >= 15 is 0 Å². The summed E-state index contributed by atoms with van der Waals surface area (Å²) >= 11 is 5.96. The van der Waals surface area contributed by atoms with Gasteiger partial charge in [0.15, 0.2) is 11.4 Å². The van der Waals surface area contributed by atoms with Crippen LogP contribution in [0.2, 0.25) is 5.02 Å². The number of allylic oxidation sites excluding steroid dienone is 3. The third-order valence-electron chi connectivity index (χ3n) is 5.40. The molecule has 160 valence electrons. The molecule has 1 atom stereocenters. The SMILES string of the molecule is O=C(/C=C/C=C/c1ccccc1)C[C@@]1(O)C(=O)N(Cc2ccc(Cl)cc2)c2ccccc21. The molecule has 0 aromatic heterocycles. The Hall–Kier alpha value is -3.47. The van der Waals surface area contributed by atoms with Gasteiger partial charge >= 0.3 is 0 Å². The minimum Gasteiger partial charge on any atom is -0.375 e. The zero-order valence-electron chi connectivity index (χ0n) is 17.3. The van der Waals surface area contributed by atoms with E-state index < -0.39 is 11.5 Å². The second-order valence-corrected chi connectivity index (χ2v) is 8.10. The number of anilines is 1. The molecule has 0 spiro atoms. The Labute approximate surface area is 192 Å². The number of aliphatic hydroxyl groups is 1. The van der Waals surface area contributed by atoms with Gasteiger partial charge in [-0.25, -0.2) is 0 Å². The maximum atomic E-state index is 13.3. The number of halogens is 1. The van der Waals surface area contributed by atoms with Gasteiger partial charge in [-0.3, -0.25) is 9.59 Å². The summed E-state index contributed by atoms with van der Waals surface area (Å²) in [5.41, 5.74) is 1.05. The third-order valence-corrected chi connectivity index (χ3v) is 5.66. The number of rotatable bonds is 7. The first-order valence-electron chi connectivity index (χ1n) is 10.3. The van der Waals surface area contributed by atoms with Crippen molar-refractivity contribution in [1.82, 2.24) is 0 Å². The molecule has 0 saturated heterocycles. The molecular weight excluding hydrogens is 422 g/mol. The first-order chi connectivity index (χ1) is 15.5. The maximum absolute atomic E-state index is 13.3. The highest BCUT2D eigenvalue weighted by Gasteiger charge is 2.50. The van der Waals surface area contributed by atoms with Crippen molar-refractivity contribution in [3.8, 4) is 0 Å². The second-order valence-electron chi connectivity index (χ2n) is 7.67. The standard InChI is InChI=1S/C27H22ClNO3/c28-22-16-14-21(15-17-22)19-29-25-13-7-6-12-24(25)27(32,26(29)31)18-23(30)11-5-4-10-20-8-2-1-3-9-20/h1-17,32H,18-19H2/b10-4+,11-5+/t27-/m0/s1. The molecule has 1 aliphatic rings. The number of carbonyl (C=O) groups excluding carboxylic acids is 2. The number of hydrogen-bond acceptors (Lipinski definition) is 3. The van der Waals surface area contributed by atoms with Gasteiger partial charge in [-0.15, -0.1) is 0 Å². The lowest BCUT2D eigenvalue weighted by Gasteiger charge is -2.22. The van der Waals surface area contributed by atoms with Crippen LogP contribution in [0.5, 0.6) is 0 Å². The molecular formula is C27H22ClNO3. The van der Waals surface area contributed by atoms with E-state index in [2.05, 4.69) is 0 Å². The molecule has 1 amide bonds. The van der Waals surface area contributed by atoms with E-state index in [1.165, 1.54) is 11.0 Å². The van der Waals surface area contributed by atoms with E-state index in [-0.39, 0.29) is 18.7 Å². The first kappa shape index (κ1) is 21.8. The van der Waals surface area contributed by atoms with E-state index in [4.69, 9.17) is 11.6 Å². The molecule has 0 bridgehead atoms. The minimum absolute atomic E-state index is 0.277. The average Bonchev–Trinajstić information content (AvgIpc) is 3.01. The van der Waals surface area contributed by atoms with Gasteiger partial charge in [0.2, 0.25) is 0 Å². The lowest BCUT2D eigenvalue weighted by Crippen LogP contribution is -2.41. The molecule has 0 radical (unpaired) electrons. The van der Waals surface area contributed by atoms with Crippen LogP contribution in [0, 0.1) is 0 Å². The fourth-order valence-electron chi connectivity index (χ4n) is 3.81. The predicted molar refractivity (Wildman–Crippen MR) is 127 cm³/mol. The van der Waals surface area contributed by atoms with Crippen LogP contribution in [0.3, 0.4) is 0 Å². The van der Waals surface area contributed by atoms with Crippen molar-refractivity contribution in [2.75, 3.05) is 4.90 Å². The van der Waals surface area contributed by atoms with Crippen LogP contribution in [0.1, 0.15) is 23.1 Å². The number of hydrogen-bond donors (Lipinski definition) is 1. The van der Waals surface area contributed by atoms with Gasteiger partial charge in [-0.05, 0) is 35.4 Å². The fraction of sp³-hybridized carbons (Fsp3) is 0.111. The molecule has 3 aromatic rings. The lowest BCUT2D eigenvalue weighted by atomic mass is 9.90. The molecule has 1 aliphatic heterocycles. The summed E-state index contributed by atoms with van der Waals surface area (Å²) in [7, 11) is 0. The van der Waals surface area contributed by atoms with Gasteiger partial charge in [0, 0.05) is 10.6 Å². The van der Waals surface area contributed by atoms with E-state index in [9.17, 15) is 14.7 Å². The number of para-hydroxylation sites is 1. The summed E-state index contributed by atoms with van der Waals surface area (Å²) in [4.78, 5) is 27.4. The van der Waals surface area contributed by atoms with Crippen molar-refractivity contribution >= 4 is 35.1 Å². The summed E-state index contributed by atoms with van der Waals surface area (Å²) in [5, 5.41) is 11.9. The molecule has 1 heterocycles. The van der Waals surface area contributed by atoms with Crippen molar-refractivity contribution < 1.29 is 14.7 Å². The van der Waals surface area contributed by atoms with Crippen LogP contribution in [-0.4, -0.2) is 16.8 Å². The van der Waals surface area contributed by atoms with Crippen molar-refractivity contribution in [1.29, 1.82) is 0 Å². The zero-order valence-corrected chi connectivity index (χ0v) is 18.1. The summed E-state index contributed by atoms with van der Waals surface area (Å²) in [6.07, 6.45) is 6.32. The Morgan fingerprint density at radius 3 is 2.38 bits per heavy atom. The van der Waals surface area contributed by atoms with Gasteiger partial charge in [0.05, 0.1) is 18.7 Å². The van der Waals surface area contributed by atoms with E-state index in [0.29, 0.717) is 16.3 Å². The van der Waals surface area contributed by atoms with Crippen molar-refractivity contribution in [3.63, 3.8) is 0 Å². The van der Waals surface area contributed by atoms with Crippen LogP contribution in [0.15, 0.2) is 97.1 Å². The smallest absolute Gasteiger partial charge is 0.264 e. The van der Waals surface area contributed by atoms with Crippen molar-refractivity contribution in [3.05, 3.63) is 119 Å². The normalized spacial score (nSPS) is 17.9. The molecule has 0 unspecified atom stereocenters. The minimum atomic E-state index is -1.90. The quantitative estimate of drug-likeness (QED) is 0.398. The molecule has 4 rings (SSSR count). The van der Waals surface area contributed by atoms with Gasteiger partial charge in [-0.2, -0.15) is 0 Å².